The van der Waals surface area contributed by atoms with Crippen LogP contribution in [0.25, 0.3) is 0 Å². The van der Waals surface area contributed by atoms with Gasteiger partial charge in [0.15, 0.2) is 0 Å². The fraction of sp³-hybridized carbons (Fsp3) is 0.394. The summed E-state index contributed by atoms with van der Waals surface area (Å²) in [6.07, 6.45) is -4.63. The molecule has 0 spiro atoms. The lowest BCUT2D eigenvalue weighted by atomic mass is 9.87. The zero-order chi connectivity index (χ0) is 33.2. The van der Waals surface area contributed by atoms with Crippen molar-refractivity contribution in [3.05, 3.63) is 102 Å². The average Bonchev–Trinajstić information content (AvgIpc) is 2.99. The number of benzene rings is 3. The molecule has 1 saturated heterocycles. The number of hydrogen-bond acceptors (Lipinski definition) is 5. The van der Waals surface area contributed by atoms with Gasteiger partial charge in [-0.25, -0.2) is 17.9 Å². The Balaban J connectivity index is 0.000000707. The second kappa shape index (κ2) is 16.0. The number of halogens is 3. The first kappa shape index (κ1) is 35.7. The van der Waals surface area contributed by atoms with Crippen LogP contribution in [0.15, 0.2) is 89.8 Å². The van der Waals surface area contributed by atoms with E-state index in [0.717, 1.165) is 11.1 Å². The van der Waals surface area contributed by atoms with E-state index in [9.17, 15) is 26.4 Å². The number of piperidine rings is 1. The zero-order valence-electron chi connectivity index (χ0n) is 25.5. The Morgan fingerprint density at radius 2 is 1.51 bits per heavy atom. The van der Waals surface area contributed by atoms with E-state index in [4.69, 9.17) is 9.90 Å². The van der Waals surface area contributed by atoms with E-state index >= 15 is 0 Å². The second-order valence-electron chi connectivity index (χ2n) is 11.5. The first-order chi connectivity index (χ1) is 21.2. The van der Waals surface area contributed by atoms with Crippen LogP contribution in [0.3, 0.4) is 0 Å². The summed E-state index contributed by atoms with van der Waals surface area (Å²) in [7, 11) is -3.68. The Hall–Kier alpha value is -3.74. The number of aliphatic carboxylic acids is 1. The molecule has 0 saturated carbocycles. The minimum atomic E-state index is -5.08. The highest BCUT2D eigenvalue weighted by molar-refractivity contribution is 7.89. The molecular weight excluding hydrogens is 607 g/mol. The van der Waals surface area contributed by atoms with Gasteiger partial charge in [0, 0.05) is 38.1 Å². The molecule has 1 heterocycles. The largest absolute Gasteiger partial charge is 0.490 e. The maximum absolute atomic E-state index is 14.0. The summed E-state index contributed by atoms with van der Waals surface area (Å²) >= 11 is 0. The van der Waals surface area contributed by atoms with Crippen molar-refractivity contribution in [3.63, 3.8) is 0 Å². The monoisotopic (exact) mass is 647 g/mol. The van der Waals surface area contributed by atoms with Crippen molar-refractivity contribution in [2.24, 2.45) is 11.8 Å². The van der Waals surface area contributed by atoms with Crippen LogP contribution < -0.4 is 10.0 Å². The normalized spacial score (nSPS) is 17.6. The Morgan fingerprint density at radius 3 is 2.04 bits per heavy atom. The van der Waals surface area contributed by atoms with Crippen LogP contribution in [-0.4, -0.2) is 62.2 Å². The summed E-state index contributed by atoms with van der Waals surface area (Å²) in [5.41, 5.74) is 3.30. The number of alkyl halides is 3. The Kier molecular flexibility index (Phi) is 12.7. The standard InChI is InChI=1S/C31H39N3O3S.C2HF3O2/c1-23(2)30(26-12-8-5-9-13-26)22-34(21-25-10-6-4-7-11-25)31(35)27-18-28(20-32-19-27)33-38(36,37)29-16-14-24(3)15-17-29;3-2(4,5)1(6)7/h4-17,23,27-28,30,32-33H,18-22H2,1-3H3;(H,6,7)/t27-,28+,30?;/m0./s1. The van der Waals surface area contributed by atoms with Crippen LogP contribution in [0.5, 0.6) is 0 Å². The van der Waals surface area contributed by atoms with Crippen molar-refractivity contribution in [1.29, 1.82) is 0 Å². The van der Waals surface area contributed by atoms with Crippen molar-refractivity contribution in [1.82, 2.24) is 14.9 Å². The van der Waals surface area contributed by atoms with Crippen molar-refractivity contribution in [2.75, 3.05) is 19.6 Å². The van der Waals surface area contributed by atoms with Crippen molar-refractivity contribution >= 4 is 21.9 Å². The molecule has 1 amide bonds. The Morgan fingerprint density at radius 1 is 0.956 bits per heavy atom. The zero-order valence-corrected chi connectivity index (χ0v) is 26.3. The van der Waals surface area contributed by atoms with E-state index in [1.165, 1.54) is 5.56 Å². The van der Waals surface area contributed by atoms with Crippen molar-refractivity contribution < 1.29 is 36.3 Å². The van der Waals surface area contributed by atoms with E-state index in [1.807, 2.05) is 60.4 Å². The van der Waals surface area contributed by atoms with Crippen molar-refractivity contribution in [2.45, 2.75) is 56.8 Å². The van der Waals surface area contributed by atoms with Gasteiger partial charge >= 0.3 is 12.1 Å². The number of aryl methyl sites for hydroxylation is 1. The van der Waals surface area contributed by atoms with Gasteiger partial charge in [-0.05, 0) is 42.5 Å². The maximum Gasteiger partial charge on any atom is 0.490 e. The van der Waals surface area contributed by atoms with Gasteiger partial charge in [-0.2, -0.15) is 13.2 Å². The number of amides is 1. The molecule has 0 aliphatic carbocycles. The fourth-order valence-corrected chi connectivity index (χ4v) is 6.41. The van der Waals surface area contributed by atoms with E-state index in [2.05, 4.69) is 36.0 Å². The third-order valence-electron chi connectivity index (χ3n) is 7.57. The molecule has 0 radical (unpaired) electrons. The molecule has 3 N–H and O–H groups in total. The molecular formula is C33H40F3N3O5S. The molecule has 45 heavy (non-hydrogen) atoms. The first-order valence-corrected chi connectivity index (χ1v) is 16.1. The lowest BCUT2D eigenvalue weighted by Gasteiger charge is -2.36. The molecule has 4 rings (SSSR count). The number of carbonyl (C=O) groups is 2. The molecule has 3 aromatic carbocycles. The van der Waals surface area contributed by atoms with Crippen LogP contribution >= 0.6 is 0 Å². The summed E-state index contributed by atoms with van der Waals surface area (Å²) in [6.45, 7) is 8.46. The van der Waals surface area contributed by atoms with E-state index in [-0.39, 0.29) is 28.7 Å². The van der Waals surface area contributed by atoms with E-state index in [1.54, 1.807) is 24.3 Å². The van der Waals surface area contributed by atoms with Gasteiger partial charge < -0.3 is 15.3 Å². The average molecular weight is 648 g/mol. The molecule has 244 valence electrons. The quantitative estimate of drug-likeness (QED) is 0.273. The lowest BCUT2D eigenvalue weighted by Crippen LogP contribution is -2.53. The highest BCUT2D eigenvalue weighted by atomic mass is 32.2. The lowest BCUT2D eigenvalue weighted by molar-refractivity contribution is -0.192. The fourth-order valence-electron chi connectivity index (χ4n) is 5.16. The van der Waals surface area contributed by atoms with Gasteiger partial charge in [0.05, 0.1) is 10.8 Å². The van der Waals surface area contributed by atoms with Crippen LogP contribution in [0.2, 0.25) is 0 Å². The minimum absolute atomic E-state index is 0.0576. The first-order valence-electron chi connectivity index (χ1n) is 14.6. The van der Waals surface area contributed by atoms with E-state index in [0.29, 0.717) is 38.5 Å². The summed E-state index contributed by atoms with van der Waals surface area (Å²) in [5.74, 6) is -2.48. The van der Waals surface area contributed by atoms with Gasteiger partial charge in [-0.1, -0.05) is 92.2 Å². The molecule has 1 fully saturated rings. The van der Waals surface area contributed by atoms with Gasteiger partial charge in [0.25, 0.3) is 0 Å². The van der Waals surface area contributed by atoms with Gasteiger partial charge in [-0.15, -0.1) is 0 Å². The Labute approximate surface area is 262 Å². The smallest absolute Gasteiger partial charge is 0.475 e. The summed E-state index contributed by atoms with van der Waals surface area (Å²) in [6, 6.07) is 26.9. The summed E-state index contributed by atoms with van der Waals surface area (Å²) in [5, 5.41) is 10.4. The third-order valence-corrected chi connectivity index (χ3v) is 9.11. The molecule has 0 aromatic heterocycles. The molecule has 1 aliphatic rings. The number of hydrogen-bond donors (Lipinski definition) is 3. The topological polar surface area (TPSA) is 116 Å². The molecule has 0 bridgehead atoms. The number of carboxylic acid groups (broad SMARTS) is 1. The number of carboxylic acids is 1. The molecule has 8 nitrogen and oxygen atoms in total. The SMILES string of the molecule is Cc1ccc(S(=O)(=O)N[C@H]2CNC[C@@H](C(=O)N(Cc3ccccc3)CC(c3ccccc3)C(C)C)C2)cc1.O=C(O)C(F)(F)F. The highest BCUT2D eigenvalue weighted by Gasteiger charge is 2.38. The van der Waals surface area contributed by atoms with Gasteiger partial charge in [0.1, 0.15) is 0 Å². The molecule has 1 aliphatic heterocycles. The number of sulfonamides is 1. The highest BCUT2D eigenvalue weighted by Crippen LogP contribution is 2.28. The maximum atomic E-state index is 14.0. The number of carbonyl (C=O) groups excluding carboxylic acids is 1. The van der Waals surface area contributed by atoms with Gasteiger partial charge in [0.2, 0.25) is 15.9 Å². The minimum Gasteiger partial charge on any atom is -0.475 e. The summed E-state index contributed by atoms with van der Waals surface area (Å²) < 4.78 is 60.6. The van der Waals surface area contributed by atoms with Crippen LogP contribution in [0.4, 0.5) is 13.2 Å². The van der Waals surface area contributed by atoms with Gasteiger partial charge in [-0.3, -0.25) is 4.79 Å². The summed E-state index contributed by atoms with van der Waals surface area (Å²) in [4.78, 5) is 25.1. The molecule has 3 atom stereocenters. The predicted molar refractivity (Wildman–Crippen MR) is 166 cm³/mol. The number of rotatable bonds is 10. The van der Waals surface area contributed by atoms with Crippen LogP contribution in [0.1, 0.15) is 42.9 Å². The van der Waals surface area contributed by atoms with Crippen LogP contribution in [0, 0.1) is 18.8 Å². The number of nitrogens with zero attached hydrogens (tertiary/aromatic N) is 1. The number of nitrogens with one attached hydrogen (secondary N) is 2. The molecule has 1 unspecified atom stereocenters. The van der Waals surface area contributed by atoms with E-state index < -0.39 is 22.2 Å². The predicted octanol–water partition coefficient (Wildman–Crippen LogP) is 5.35. The Bertz CT molecular complexity index is 1490. The molecule has 12 heteroatoms. The van der Waals surface area contributed by atoms with Crippen molar-refractivity contribution in [3.8, 4) is 0 Å². The van der Waals surface area contributed by atoms with Crippen LogP contribution in [-0.2, 0) is 26.2 Å². The molecule has 3 aromatic rings. The third kappa shape index (κ3) is 11.0. The second-order valence-corrected chi connectivity index (χ2v) is 13.2.